The largest absolute Gasteiger partial charge is 0.384 e. The first-order valence-corrected chi connectivity index (χ1v) is 8.92. The quantitative estimate of drug-likeness (QED) is 0.437. The van der Waals surface area contributed by atoms with Crippen molar-refractivity contribution in [2.24, 2.45) is 10.9 Å². The van der Waals surface area contributed by atoms with E-state index in [9.17, 15) is 4.79 Å². The molecule has 8 heteroatoms. The molecule has 1 saturated heterocycles. The van der Waals surface area contributed by atoms with Crippen LogP contribution in [0.2, 0.25) is 5.02 Å². The topological polar surface area (TPSA) is 79.9 Å². The van der Waals surface area contributed by atoms with Gasteiger partial charge in [0.2, 0.25) is 0 Å². The number of carbonyl (C=O) groups excluding carboxylic acids is 1. The van der Waals surface area contributed by atoms with Gasteiger partial charge in [-0.3, -0.25) is 9.69 Å². The van der Waals surface area contributed by atoms with Crippen LogP contribution in [0.1, 0.15) is 5.56 Å². The summed E-state index contributed by atoms with van der Waals surface area (Å²) in [6.07, 6.45) is 0. The van der Waals surface area contributed by atoms with Gasteiger partial charge in [0.05, 0.1) is 6.54 Å². The van der Waals surface area contributed by atoms with E-state index >= 15 is 0 Å². The van der Waals surface area contributed by atoms with Crippen LogP contribution in [0, 0.1) is 0 Å². The number of oxime groups is 1. The number of hydrogen-bond acceptors (Lipinski definition) is 5. The van der Waals surface area contributed by atoms with E-state index in [1.165, 1.54) is 0 Å². The fourth-order valence-electron chi connectivity index (χ4n) is 2.04. The zero-order valence-electron chi connectivity index (χ0n) is 12.8. The van der Waals surface area contributed by atoms with E-state index in [1.54, 1.807) is 12.1 Å². The van der Waals surface area contributed by atoms with Crippen LogP contribution in [0.15, 0.2) is 29.4 Å². The summed E-state index contributed by atoms with van der Waals surface area (Å²) in [5.41, 5.74) is 6.77. The van der Waals surface area contributed by atoms with Crippen molar-refractivity contribution in [2.45, 2.75) is 6.54 Å². The number of nitrogens with zero attached hydrogens (tertiary/aromatic N) is 2. The first-order valence-electron chi connectivity index (χ1n) is 7.39. The van der Waals surface area contributed by atoms with Gasteiger partial charge < -0.3 is 15.9 Å². The normalized spacial score (nSPS) is 16.1. The van der Waals surface area contributed by atoms with Crippen molar-refractivity contribution < 1.29 is 9.63 Å². The Bertz CT molecular complexity index is 533. The fraction of sp³-hybridized carbons (Fsp3) is 0.467. The number of hydrogen-bond donors (Lipinski definition) is 2. The highest BCUT2D eigenvalue weighted by atomic mass is 35.5. The third-order valence-electron chi connectivity index (χ3n) is 3.27. The van der Waals surface area contributed by atoms with E-state index in [-0.39, 0.29) is 12.5 Å². The second kappa shape index (κ2) is 9.64. The summed E-state index contributed by atoms with van der Waals surface area (Å²) < 4.78 is 0. The molecule has 1 amide bonds. The molecule has 1 aromatic rings. The molecule has 0 aromatic heterocycles. The monoisotopic (exact) mass is 356 g/mol. The average Bonchev–Trinajstić information content (AvgIpc) is 2.55. The van der Waals surface area contributed by atoms with Crippen LogP contribution in [-0.4, -0.2) is 54.4 Å². The lowest BCUT2D eigenvalue weighted by Crippen LogP contribution is -2.39. The van der Waals surface area contributed by atoms with Gasteiger partial charge in [-0.2, -0.15) is 11.8 Å². The molecule has 0 atom stereocenters. The summed E-state index contributed by atoms with van der Waals surface area (Å²) in [5.74, 6) is 2.37. The Kier molecular flexibility index (Phi) is 7.51. The highest BCUT2D eigenvalue weighted by molar-refractivity contribution is 7.99. The lowest BCUT2D eigenvalue weighted by molar-refractivity contribution is -0.125. The summed E-state index contributed by atoms with van der Waals surface area (Å²) in [5, 5.41) is 7.20. The van der Waals surface area contributed by atoms with E-state index in [4.69, 9.17) is 22.2 Å². The van der Waals surface area contributed by atoms with Crippen molar-refractivity contribution in [3.05, 3.63) is 34.9 Å². The van der Waals surface area contributed by atoms with Crippen LogP contribution in [-0.2, 0) is 16.2 Å². The fourth-order valence-corrected chi connectivity index (χ4v) is 3.15. The van der Waals surface area contributed by atoms with Gasteiger partial charge in [0, 0.05) is 36.2 Å². The van der Waals surface area contributed by atoms with Gasteiger partial charge in [0.1, 0.15) is 0 Å². The molecule has 0 spiro atoms. The molecular weight excluding hydrogens is 336 g/mol. The van der Waals surface area contributed by atoms with Crippen LogP contribution in [0.5, 0.6) is 0 Å². The molecule has 1 aliphatic heterocycles. The molecule has 3 N–H and O–H groups in total. The molecule has 0 bridgehead atoms. The van der Waals surface area contributed by atoms with Crippen molar-refractivity contribution in [1.82, 2.24) is 10.2 Å². The molecule has 1 fully saturated rings. The number of benzene rings is 1. The SMILES string of the molecule is NC(CN1CCSCC1)=NOCC(=O)NCc1ccc(Cl)cc1. The number of nitrogens with one attached hydrogen (secondary N) is 1. The van der Waals surface area contributed by atoms with Crippen molar-refractivity contribution in [2.75, 3.05) is 37.7 Å². The van der Waals surface area contributed by atoms with Gasteiger partial charge in [0.15, 0.2) is 12.4 Å². The number of nitrogens with two attached hydrogens (primary N) is 1. The molecule has 0 unspecified atom stereocenters. The first kappa shape index (κ1) is 17.9. The Hall–Kier alpha value is -1.44. The predicted molar refractivity (Wildman–Crippen MR) is 94.6 cm³/mol. The van der Waals surface area contributed by atoms with Crippen molar-refractivity contribution in [3.8, 4) is 0 Å². The zero-order valence-corrected chi connectivity index (χ0v) is 14.4. The molecule has 1 heterocycles. The smallest absolute Gasteiger partial charge is 0.261 e. The number of rotatable bonds is 7. The number of amidine groups is 1. The maximum atomic E-state index is 11.7. The van der Waals surface area contributed by atoms with Crippen LogP contribution >= 0.6 is 23.4 Å². The molecule has 2 rings (SSSR count). The van der Waals surface area contributed by atoms with Gasteiger partial charge >= 0.3 is 0 Å². The van der Waals surface area contributed by atoms with Crippen LogP contribution in [0.3, 0.4) is 0 Å². The molecule has 0 saturated carbocycles. The second-order valence-electron chi connectivity index (χ2n) is 5.15. The lowest BCUT2D eigenvalue weighted by Gasteiger charge is -2.25. The van der Waals surface area contributed by atoms with Crippen molar-refractivity contribution in [1.29, 1.82) is 0 Å². The minimum atomic E-state index is -0.245. The number of carbonyl (C=O) groups is 1. The molecule has 1 aromatic carbocycles. The molecule has 6 nitrogen and oxygen atoms in total. The molecule has 1 aliphatic rings. The Morgan fingerprint density at radius 2 is 2.04 bits per heavy atom. The average molecular weight is 357 g/mol. The number of thioether (sulfide) groups is 1. The van der Waals surface area contributed by atoms with Crippen LogP contribution < -0.4 is 11.1 Å². The molecular formula is C15H21ClN4O2S. The Morgan fingerprint density at radius 1 is 1.35 bits per heavy atom. The highest BCUT2D eigenvalue weighted by Crippen LogP contribution is 2.09. The summed E-state index contributed by atoms with van der Waals surface area (Å²) in [6, 6.07) is 7.28. The van der Waals surface area contributed by atoms with Gasteiger partial charge in [-0.15, -0.1) is 0 Å². The Labute approximate surface area is 145 Å². The maximum absolute atomic E-state index is 11.7. The third-order valence-corrected chi connectivity index (χ3v) is 4.46. The van der Waals surface area contributed by atoms with Gasteiger partial charge in [-0.05, 0) is 17.7 Å². The van der Waals surface area contributed by atoms with E-state index in [2.05, 4.69) is 15.4 Å². The summed E-state index contributed by atoms with van der Waals surface area (Å²) >= 11 is 7.74. The summed E-state index contributed by atoms with van der Waals surface area (Å²) in [7, 11) is 0. The molecule has 23 heavy (non-hydrogen) atoms. The third kappa shape index (κ3) is 7.11. The first-order chi connectivity index (χ1) is 11.1. The van der Waals surface area contributed by atoms with Gasteiger partial charge in [-0.25, -0.2) is 0 Å². The summed E-state index contributed by atoms with van der Waals surface area (Å²) in [4.78, 5) is 18.9. The maximum Gasteiger partial charge on any atom is 0.261 e. The predicted octanol–water partition coefficient (Wildman–Crippen LogP) is 1.29. The van der Waals surface area contributed by atoms with Crippen molar-refractivity contribution in [3.63, 3.8) is 0 Å². The number of halogens is 1. The molecule has 126 valence electrons. The van der Waals surface area contributed by atoms with Crippen LogP contribution in [0.4, 0.5) is 0 Å². The number of amides is 1. The standard InChI is InChI=1S/C15H21ClN4O2S/c16-13-3-1-12(2-4-13)9-18-15(21)11-22-19-14(17)10-20-5-7-23-8-6-20/h1-4H,5-11H2,(H2,17,19)(H,18,21). The second-order valence-corrected chi connectivity index (χ2v) is 6.81. The zero-order chi connectivity index (χ0) is 16.5. The highest BCUT2D eigenvalue weighted by Gasteiger charge is 2.11. The van der Waals surface area contributed by atoms with Gasteiger partial charge in [-0.1, -0.05) is 28.9 Å². The van der Waals surface area contributed by atoms with E-state index < -0.39 is 0 Å². The minimum absolute atomic E-state index is 0.149. The lowest BCUT2D eigenvalue weighted by atomic mass is 10.2. The Morgan fingerprint density at radius 3 is 2.74 bits per heavy atom. The van der Waals surface area contributed by atoms with Crippen LogP contribution in [0.25, 0.3) is 0 Å². The van der Waals surface area contributed by atoms with E-state index in [0.29, 0.717) is 23.9 Å². The molecule has 0 radical (unpaired) electrons. The molecule has 0 aliphatic carbocycles. The van der Waals surface area contributed by atoms with Crippen molar-refractivity contribution >= 4 is 35.1 Å². The van der Waals surface area contributed by atoms with Gasteiger partial charge in [0.25, 0.3) is 5.91 Å². The van der Waals surface area contributed by atoms with E-state index in [0.717, 1.165) is 30.2 Å². The summed E-state index contributed by atoms with van der Waals surface area (Å²) in [6.45, 7) is 2.85. The minimum Gasteiger partial charge on any atom is -0.384 e. The van der Waals surface area contributed by atoms with E-state index in [1.807, 2.05) is 23.9 Å². The Balaban J connectivity index is 1.63.